The monoisotopic (exact) mass is 813 g/mol. The van der Waals surface area contributed by atoms with E-state index in [0.717, 1.165) is 34.1 Å². The van der Waals surface area contributed by atoms with Gasteiger partial charge in [-0.25, -0.2) is 0 Å². The molecular weight excluding hydrogens is 737 g/mol. The highest BCUT2D eigenvalue weighted by molar-refractivity contribution is 6.06. The van der Waals surface area contributed by atoms with Gasteiger partial charge in [0.15, 0.2) is 0 Å². The van der Waals surface area contributed by atoms with E-state index in [1.165, 1.54) is 0 Å². The van der Waals surface area contributed by atoms with Gasteiger partial charge in [-0.05, 0) is 84.9 Å². The molecule has 324 valence electrons. The van der Waals surface area contributed by atoms with Crippen LogP contribution in [0, 0.1) is 0 Å². The highest BCUT2D eigenvalue weighted by atomic mass is 16.2. The molecule has 6 heteroatoms. The highest BCUT2D eigenvalue weighted by Crippen LogP contribution is 2.28. The first-order valence-corrected chi connectivity index (χ1v) is 21.8. The van der Waals surface area contributed by atoms with Gasteiger partial charge in [0.1, 0.15) is 0 Å². The second-order valence-corrected chi connectivity index (χ2v) is 11.3. The molecule has 6 aromatic rings. The van der Waals surface area contributed by atoms with Crippen molar-refractivity contribution in [3.05, 3.63) is 181 Å². The Kier molecular flexibility index (Phi) is 32.5. The summed E-state index contributed by atoms with van der Waals surface area (Å²) in [7, 11) is 7.62. The Hall–Kier alpha value is -6.14. The normalized spacial score (nSPS) is 8.80. The summed E-state index contributed by atoms with van der Waals surface area (Å²) in [6, 6.07) is 54.9. The molecule has 6 aromatic carbocycles. The Bertz CT molecular complexity index is 1920. The van der Waals surface area contributed by atoms with Gasteiger partial charge in [-0.2, -0.15) is 0 Å². The van der Waals surface area contributed by atoms with Gasteiger partial charge in [-0.15, -0.1) is 0 Å². The topological polar surface area (TPSA) is 47.1 Å². The zero-order valence-electron chi connectivity index (χ0n) is 39.8. The van der Waals surface area contributed by atoms with Crippen LogP contribution in [0.2, 0.25) is 0 Å². The molecule has 0 N–H and O–H groups in total. The van der Waals surface area contributed by atoms with E-state index in [-0.39, 0.29) is 11.8 Å². The average molecular weight is 813 g/mol. The minimum absolute atomic E-state index is 0.0184. The van der Waals surface area contributed by atoms with E-state index in [2.05, 4.69) is 21.9 Å². The molecule has 0 saturated heterocycles. The number of carbonyl (C=O) groups is 2. The maximum Gasteiger partial charge on any atom is 0.258 e. The van der Waals surface area contributed by atoms with Crippen molar-refractivity contribution in [2.45, 2.75) is 83.1 Å². The van der Waals surface area contributed by atoms with Crippen LogP contribution in [0.25, 0.3) is 0 Å². The van der Waals surface area contributed by atoms with E-state index in [9.17, 15) is 9.59 Å². The first-order valence-electron chi connectivity index (χ1n) is 21.8. The minimum atomic E-state index is -0.0236. The van der Waals surface area contributed by atoms with Crippen molar-refractivity contribution in [3.8, 4) is 0 Å². The van der Waals surface area contributed by atoms with Crippen molar-refractivity contribution >= 4 is 45.9 Å². The minimum Gasteiger partial charge on any atom is -0.345 e. The summed E-state index contributed by atoms with van der Waals surface area (Å²) in [4.78, 5) is 32.9. The van der Waals surface area contributed by atoms with E-state index in [1.807, 2.05) is 255 Å². The van der Waals surface area contributed by atoms with Crippen molar-refractivity contribution in [2.75, 3.05) is 47.8 Å². The predicted octanol–water partition coefficient (Wildman–Crippen LogP) is 15.6. The number of nitrogens with zero attached hydrogens (tertiary/aromatic N) is 4. The van der Waals surface area contributed by atoms with Crippen molar-refractivity contribution in [2.24, 2.45) is 0 Å². The Morgan fingerprint density at radius 1 is 0.283 bits per heavy atom. The fourth-order valence-electron chi connectivity index (χ4n) is 5.21. The van der Waals surface area contributed by atoms with Crippen LogP contribution < -0.4 is 19.6 Å². The standard InChI is InChI=1S/2C21H20N2O.6C2H6/c1-22(18-11-5-3-6-12-18)20-15-9-10-17(16-20)21(24)23(2)19-13-7-4-8-14-19;1-22(18-12-7-4-8-13-18)19-14-9-15-20(16-19)23(2)21(24)17-10-5-3-6-11-17;6*1-2/h2*3-16H,1-2H3;6*1-2H3. The summed E-state index contributed by atoms with van der Waals surface area (Å²) in [6.45, 7) is 24.0. The van der Waals surface area contributed by atoms with Crippen LogP contribution in [0.1, 0.15) is 104 Å². The molecule has 0 unspecified atom stereocenters. The molecule has 6 nitrogen and oxygen atoms in total. The Morgan fingerprint density at radius 2 is 0.550 bits per heavy atom. The van der Waals surface area contributed by atoms with Crippen LogP contribution in [0.4, 0.5) is 34.1 Å². The number of carbonyl (C=O) groups excluding carboxylic acids is 2. The molecular formula is C54H76N4O2. The third-order valence-corrected chi connectivity index (χ3v) is 8.15. The van der Waals surface area contributed by atoms with E-state index in [1.54, 1.807) is 23.9 Å². The molecule has 2 amide bonds. The molecule has 0 heterocycles. The van der Waals surface area contributed by atoms with Crippen molar-refractivity contribution in [1.82, 2.24) is 0 Å². The van der Waals surface area contributed by atoms with Crippen molar-refractivity contribution < 1.29 is 9.59 Å². The molecule has 0 atom stereocenters. The molecule has 0 fully saturated rings. The van der Waals surface area contributed by atoms with Gasteiger partial charge in [0, 0.05) is 73.4 Å². The molecule has 0 aliphatic rings. The summed E-state index contributed by atoms with van der Waals surface area (Å²) in [6.07, 6.45) is 0. The Morgan fingerprint density at radius 3 is 0.967 bits per heavy atom. The summed E-state index contributed by atoms with van der Waals surface area (Å²) in [5.74, 6) is -0.0420. The quantitative estimate of drug-likeness (QED) is 0.154. The predicted molar refractivity (Wildman–Crippen MR) is 268 cm³/mol. The number of amides is 2. The van der Waals surface area contributed by atoms with Crippen LogP contribution in [0.5, 0.6) is 0 Å². The number of rotatable bonds is 8. The van der Waals surface area contributed by atoms with E-state index < -0.39 is 0 Å². The summed E-state index contributed by atoms with van der Waals surface area (Å²) < 4.78 is 0. The van der Waals surface area contributed by atoms with Gasteiger partial charge in [0.25, 0.3) is 11.8 Å². The number of hydrogen-bond donors (Lipinski definition) is 0. The first kappa shape index (κ1) is 56.0. The van der Waals surface area contributed by atoms with Crippen LogP contribution in [0.15, 0.2) is 170 Å². The lowest BCUT2D eigenvalue weighted by molar-refractivity contribution is 0.0985. The van der Waals surface area contributed by atoms with E-state index in [0.29, 0.717) is 11.1 Å². The number of hydrogen-bond acceptors (Lipinski definition) is 4. The number of para-hydroxylation sites is 3. The van der Waals surface area contributed by atoms with Gasteiger partial charge >= 0.3 is 0 Å². The molecule has 0 aromatic heterocycles. The third-order valence-electron chi connectivity index (χ3n) is 8.15. The van der Waals surface area contributed by atoms with E-state index >= 15 is 0 Å². The molecule has 0 aliphatic heterocycles. The zero-order chi connectivity index (χ0) is 45.9. The van der Waals surface area contributed by atoms with Gasteiger partial charge < -0.3 is 19.6 Å². The van der Waals surface area contributed by atoms with Gasteiger partial charge in [-0.1, -0.05) is 168 Å². The van der Waals surface area contributed by atoms with Crippen LogP contribution >= 0.6 is 0 Å². The number of benzene rings is 6. The first-order chi connectivity index (χ1) is 29.3. The Labute approximate surface area is 366 Å². The SMILES string of the molecule is CC.CC.CC.CC.CC.CC.CN(C(=O)c1cccc(N(C)c2ccccc2)c1)c1ccccc1.CN(C(=O)c1ccccc1)c1cccc(N(C)c2ccccc2)c1. The molecule has 60 heavy (non-hydrogen) atoms. The maximum absolute atomic E-state index is 12.8. The largest absolute Gasteiger partial charge is 0.345 e. The molecule has 0 radical (unpaired) electrons. The van der Waals surface area contributed by atoms with E-state index in [4.69, 9.17) is 0 Å². The fourth-order valence-corrected chi connectivity index (χ4v) is 5.21. The molecule has 0 spiro atoms. The van der Waals surface area contributed by atoms with Crippen LogP contribution in [-0.4, -0.2) is 40.0 Å². The fraction of sp³-hybridized carbons (Fsp3) is 0.296. The second kappa shape index (κ2) is 34.9. The maximum atomic E-state index is 12.8. The lowest BCUT2D eigenvalue weighted by Crippen LogP contribution is -2.26. The summed E-state index contributed by atoms with van der Waals surface area (Å²) >= 11 is 0. The molecule has 0 bridgehead atoms. The third kappa shape index (κ3) is 18.2. The second-order valence-electron chi connectivity index (χ2n) is 11.3. The molecule has 6 rings (SSSR count). The summed E-state index contributed by atoms with van der Waals surface area (Å²) in [5, 5.41) is 0. The van der Waals surface area contributed by atoms with Gasteiger partial charge in [0.05, 0.1) is 0 Å². The molecule has 0 saturated carbocycles. The Balaban J connectivity index is 0. The number of anilines is 6. The summed E-state index contributed by atoms with van der Waals surface area (Å²) in [5.41, 5.74) is 7.29. The lowest BCUT2D eigenvalue weighted by Gasteiger charge is -2.23. The highest BCUT2D eigenvalue weighted by Gasteiger charge is 2.16. The zero-order valence-corrected chi connectivity index (χ0v) is 39.8. The van der Waals surface area contributed by atoms with Gasteiger partial charge in [0.2, 0.25) is 0 Å². The smallest absolute Gasteiger partial charge is 0.258 e. The van der Waals surface area contributed by atoms with Crippen molar-refractivity contribution in [1.29, 1.82) is 0 Å². The van der Waals surface area contributed by atoms with Crippen molar-refractivity contribution in [3.63, 3.8) is 0 Å². The van der Waals surface area contributed by atoms with Crippen LogP contribution in [0.3, 0.4) is 0 Å². The molecule has 0 aliphatic carbocycles. The van der Waals surface area contributed by atoms with Gasteiger partial charge in [-0.3, -0.25) is 9.59 Å². The lowest BCUT2D eigenvalue weighted by atomic mass is 10.1. The van der Waals surface area contributed by atoms with Crippen LogP contribution in [-0.2, 0) is 0 Å². The average Bonchev–Trinajstić information content (AvgIpc) is 3.37.